The average molecular weight is 227 g/mol. The summed E-state index contributed by atoms with van der Waals surface area (Å²) >= 11 is 0. The Morgan fingerprint density at radius 3 is 3.00 bits per heavy atom. The van der Waals surface area contributed by atoms with Crippen molar-refractivity contribution in [2.75, 3.05) is 0 Å². The first kappa shape index (κ1) is 11.8. The summed E-state index contributed by atoms with van der Waals surface area (Å²) in [5, 5.41) is 4.53. The Morgan fingerprint density at radius 2 is 2.24 bits per heavy atom. The highest BCUT2D eigenvalue weighted by Crippen LogP contribution is 2.20. The van der Waals surface area contributed by atoms with E-state index in [1.165, 1.54) is 0 Å². The summed E-state index contributed by atoms with van der Waals surface area (Å²) in [5.74, 6) is 2.77. The van der Waals surface area contributed by atoms with E-state index in [9.17, 15) is 0 Å². The van der Waals surface area contributed by atoms with Crippen molar-refractivity contribution in [3.63, 3.8) is 0 Å². The molecule has 1 aromatic carbocycles. The van der Waals surface area contributed by atoms with Gasteiger partial charge in [-0.3, -0.25) is 5.32 Å². The van der Waals surface area contributed by atoms with Crippen molar-refractivity contribution >= 4 is 11.0 Å². The maximum absolute atomic E-state index is 5.48. The number of hydrogen-bond donors (Lipinski definition) is 1. The van der Waals surface area contributed by atoms with E-state index in [0.717, 1.165) is 35.9 Å². The van der Waals surface area contributed by atoms with Gasteiger partial charge in [0.25, 0.3) is 0 Å². The van der Waals surface area contributed by atoms with Crippen molar-refractivity contribution in [3.05, 3.63) is 36.1 Å². The number of fused-ring (bicyclic) bond motifs is 1. The van der Waals surface area contributed by atoms with Gasteiger partial charge in [0.2, 0.25) is 0 Å². The number of benzene rings is 1. The Morgan fingerprint density at radius 1 is 1.41 bits per heavy atom. The molecule has 1 heterocycles. The second kappa shape index (κ2) is 5.56. The van der Waals surface area contributed by atoms with Crippen molar-refractivity contribution in [3.8, 4) is 12.3 Å². The predicted octanol–water partition coefficient (Wildman–Crippen LogP) is 3.32. The van der Waals surface area contributed by atoms with Crippen LogP contribution in [0.2, 0.25) is 0 Å². The Balaban J connectivity index is 2.06. The van der Waals surface area contributed by atoms with E-state index in [2.05, 4.69) is 24.2 Å². The van der Waals surface area contributed by atoms with Crippen LogP contribution in [0.1, 0.15) is 25.3 Å². The second-order valence-corrected chi connectivity index (χ2v) is 4.15. The summed E-state index contributed by atoms with van der Waals surface area (Å²) in [6.07, 6.45) is 9.38. The zero-order valence-corrected chi connectivity index (χ0v) is 10.1. The lowest BCUT2D eigenvalue weighted by Gasteiger charge is -2.10. The molecule has 1 N–H and O–H groups in total. The molecule has 2 rings (SSSR count). The van der Waals surface area contributed by atoms with E-state index in [4.69, 9.17) is 10.8 Å². The third-order valence-electron chi connectivity index (χ3n) is 2.88. The van der Waals surface area contributed by atoms with Gasteiger partial charge in [0.1, 0.15) is 5.58 Å². The molecule has 0 aliphatic rings. The molecule has 2 heteroatoms. The number of nitrogens with one attached hydrogen (secondary N) is 1. The van der Waals surface area contributed by atoms with Crippen molar-refractivity contribution in [2.45, 2.75) is 32.4 Å². The van der Waals surface area contributed by atoms with Crippen LogP contribution in [-0.4, -0.2) is 6.04 Å². The van der Waals surface area contributed by atoms with Gasteiger partial charge >= 0.3 is 0 Å². The van der Waals surface area contributed by atoms with Crippen LogP contribution in [0.3, 0.4) is 0 Å². The lowest BCUT2D eigenvalue weighted by atomic mass is 10.1. The highest BCUT2D eigenvalue weighted by molar-refractivity contribution is 5.80. The number of para-hydroxylation sites is 1. The van der Waals surface area contributed by atoms with Crippen LogP contribution in [0.15, 0.2) is 34.9 Å². The van der Waals surface area contributed by atoms with Crippen LogP contribution in [0, 0.1) is 12.3 Å². The maximum Gasteiger partial charge on any atom is 0.134 e. The highest BCUT2D eigenvalue weighted by atomic mass is 16.3. The van der Waals surface area contributed by atoms with Crippen molar-refractivity contribution in [2.24, 2.45) is 0 Å². The standard InChI is InChI=1S/C15H17NO/c1-3-7-13(4-2)16-10-12-11-17-15-9-6-5-8-14(12)15/h2,5-6,8-9,11,13,16H,3,7,10H2,1H3. The first-order chi connectivity index (χ1) is 8.35. The second-order valence-electron chi connectivity index (χ2n) is 4.15. The van der Waals surface area contributed by atoms with Crippen LogP contribution in [-0.2, 0) is 6.54 Å². The van der Waals surface area contributed by atoms with Crippen LogP contribution >= 0.6 is 0 Å². The summed E-state index contributed by atoms with van der Waals surface area (Å²) in [6, 6.07) is 8.19. The molecule has 2 nitrogen and oxygen atoms in total. The SMILES string of the molecule is C#CC(CCC)NCc1coc2ccccc12. The largest absolute Gasteiger partial charge is 0.464 e. The number of terminal acetylenes is 1. The molecule has 88 valence electrons. The van der Waals surface area contributed by atoms with Gasteiger partial charge in [0, 0.05) is 17.5 Å². The van der Waals surface area contributed by atoms with E-state index in [1.807, 2.05) is 18.2 Å². The zero-order valence-electron chi connectivity index (χ0n) is 10.1. The van der Waals surface area contributed by atoms with E-state index >= 15 is 0 Å². The Bertz CT molecular complexity index is 521. The quantitative estimate of drug-likeness (QED) is 0.793. The van der Waals surface area contributed by atoms with Gasteiger partial charge in [0.15, 0.2) is 0 Å². The van der Waals surface area contributed by atoms with Crippen molar-refractivity contribution < 1.29 is 4.42 Å². The Kier molecular flexibility index (Phi) is 3.85. The summed E-state index contributed by atoms with van der Waals surface area (Å²) in [7, 11) is 0. The fourth-order valence-corrected chi connectivity index (χ4v) is 1.94. The number of hydrogen-bond acceptors (Lipinski definition) is 2. The first-order valence-corrected chi connectivity index (χ1v) is 5.99. The molecular weight excluding hydrogens is 210 g/mol. The molecule has 0 bridgehead atoms. The van der Waals surface area contributed by atoms with Crippen molar-refractivity contribution in [1.29, 1.82) is 0 Å². The van der Waals surface area contributed by atoms with E-state index in [-0.39, 0.29) is 6.04 Å². The average Bonchev–Trinajstić information content (AvgIpc) is 2.78. The Hall–Kier alpha value is -1.72. The predicted molar refractivity (Wildman–Crippen MR) is 70.6 cm³/mol. The monoisotopic (exact) mass is 227 g/mol. The minimum absolute atomic E-state index is 0.147. The molecule has 0 aliphatic carbocycles. The lowest BCUT2D eigenvalue weighted by molar-refractivity contribution is 0.554. The summed E-state index contributed by atoms with van der Waals surface area (Å²) in [5.41, 5.74) is 2.09. The molecule has 17 heavy (non-hydrogen) atoms. The fraction of sp³-hybridized carbons (Fsp3) is 0.333. The van der Waals surface area contributed by atoms with E-state index in [0.29, 0.717) is 0 Å². The third-order valence-corrected chi connectivity index (χ3v) is 2.88. The third kappa shape index (κ3) is 2.69. The minimum atomic E-state index is 0.147. The van der Waals surface area contributed by atoms with Gasteiger partial charge in [-0.1, -0.05) is 37.5 Å². The molecule has 2 aromatic rings. The van der Waals surface area contributed by atoms with Crippen LogP contribution in [0.4, 0.5) is 0 Å². The van der Waals surface area contributed by atoms with Gasteiger partial charge in [-0.25, -0.2) is 0 Å². The molecular formula is C15H17NO. The summed E-state index contributed by atoms with van der Waals surface area (Å²) in [4.78, 5) is 0. The number of rotatable bonds is 5. The van der Waals surface area contributed by atoms with Crippen molar-refractivity contribution in [1.82, 2.24) is 5.32 Å². The minimum Gasteiger partial charge on any atom is -0.464 e. The van der Waals surface area contributed by atoms with Gasteiger partial charge < -0.3 is 4.42 Å². The van der Waals surface area contributed by atoms with Gasteiger partial charge in [-0.2, -0.15) is 0 Å². The molecule has 0 fully saturated rings. The van der Waals surface area contributed by atoms with Gasteiger partial charge in [-0.15, -0.1) is 6.42 Å². The highest BCUT2D eigenvalue weighted by Gasteiger charge is 2.07. The molecule has 1 atom stereocenters. The molecule has 1 unspecified atom stereocenters. The topological polar surface area (TPSA) is 25.2 Å². The van der Waals surface area contributed by atoms with Crippen LogP contribution < -0.4 is 5.32 Å². The normalized spacial score (nSPS) is 12.5. The van der Waals surface area contributed by atoms with Gasteiger partial charge in [0.05, 0.1) is 12.3 Å². The van der Waals surface area contributed by atoms with Crippen LogP contribution in [0.25, 0.3) is 11.0 Å². The molecule has 1 aromatic heterocycles. The molecule has 0 amide bonds. The van der Waals surface area contributed by atoms with Crippen LogP contribution in [0.5, 0.6) is 0 Å². The van der Waals surface area contributed by atoms with E-state index in [1.54, 1.807) is 6.26 Å². The first-order valence-electron chi connectivity index (χ1n) is 5.99. The Labute approximate surface area is 102 Å². The fourth-order valence-electron chi connectivity index (χ4n) is 1.94. The van der Waals surface area contributed by atoms with Gasteiger partial charge in [-0.05, 0) is 12.5 Å². The molecule has 0 spiro atoms. The smallest absolute Gasteiger partial charge is 0.134 e. The molecule has 0 aliphatic heterocycles. The zero-order chi connectivity index (χ0) is 12.1. The summed E-state index contributed by atoms with van der Waals surface area (Å²) < 4.78 is 5.48. The number of furan rings is 1. The van der Waals surface area contributed by atoms with E-state index < -0.39 is 0 Å². The molecule has 0 saturated carbocycles. The maximum atomic E-state index is 5.48. The molecule has 0 radical (unpaired) electrons. The lowest BCUT2D eigenvalue weighted by Crippen LogP contribution is -2.26. The molecule has 0 saturated heterocycles. The summed E-state index contributed by atoms with van der Waals surface area (Å²) in [6.45, 7) is 2.89.